The first kappa shape index (κ1) is 21.3. The highest BCUT2D eigenvalue weighted by Crippen LogP contribution is 2.19. The summed E-state index contributed by atoms with van der Waals surface area (Å²) in [4.78, 5) is 14.2. The molecule has 0 spiro atoms. The van der Waals surface area contributed by atoms with E-state index in [1.54, 1.807) is 17.0 Å². The van der Waals surface area contributed by atoms with Gasteiger partial charge in [0, 0.05) is 26.2 Å². The largest absolute Gasteiger partial charge is 0.484 e. The molecule has 0 radical (unpaired) electrons. The standard InChI is InChI=1S/C21H25FN2O4S/c1-2-3-17-4-10-20(11-5-17)29(26,27)24-14-12-23(13-15-24)21(25)16-28-19-8-6-18(22)7-9-19/h4-11H,2-3,12-16H2,1H3. The maximum atomic E-state index is 12.9. The fourth-order valence-electron chi connectivity index (χ4n) is 3.21. The molecule has 2 aromatic carbocycles. The molecule has 0 aromatic heterocycles. The number of ether oxygens (including phenoxy) is 1. The minimum absolute atomic E-state index is 0.169. The third-order valence-corrected chi connectivity index (χ3v) is 6.78. The van der Waals surface area contributed by atoms with Gasteiger partial charge in [-0.1, -0.05) is 25.5 Å². The van der Waals surface area contributed by atoms with E-state index in [4.69, 9.17) is 4.74 Å². The minimum atomic E-state index is -3.57. The normalized spacial score (nSPS) is 15.3. The predicted octanol–water partition coefficient (Wildman–Crippen LogP) is 2.69. The van der Waals surface area contributed by atoms with Crippen molar-refractivity contribution in [2.45, 2.75) is 24.7 Å². The smallest absolute Gasteiger partial charge is 0.260 e. The summed E-state index contributed by atoms with van der Waals surface area (Å²) in [6.07, 6.45) is 1.92. The van der Waals surface area contributed by atoms with E-state index in [1.807, 2.05) is 12.1 Å². The van der Waals surface area contributed by atoms with Crippen LogP contribution in [0.4, 0.5) is 4.39 Å². The van der Waals surface area contributed by atoms with Gasteiger partial charge in [-0.05, 0) is 48.4 Å². The number of piperazine rings is 1. The number of carbonyl (C=O) groups excluding carboxylic acids is 1. The Morgan fingerprint density at radius 1 is 1.00 bits per heavy atom. The van der Waals surface area contributed by atoms with Crippen molar-refractivity contribution in [3.05, 3.63) is 59.9 Å². The zero-order chi connectivity index (χ0) is 20.9. The van der Waals surface area contributed by atoms with Crippen LogP contribution in [-0.2, 0) is 21.2 Å². The molecule has 29 heavy (non-hydrogen) atoms. The Balaban J connectivity index is 1.53. The molecule has 1 saturated heterocycles. The minimum Gasteiger partial charge on any atom is -0.484 e. The van der Waals surface area contributed by atoms with Gasteiger partial charge in [-0.25, -0.2) is 12.8 Å². The highest BCUT2D eigenvalue weighted by molar-refractivity contribution is 7.89. The Morgan fingerprint density at radius 2 is 1.62 bits per heavy atom. The second-order valence-electron chi connectivity index (χ2n) is 6.92. The van der Waals surface area contributed by atoms with Gasteiger partial charge in [-0.3, -0.25) is 4.79 Å². The molecule has 156 valence electrons. The molecular formula is C21H25FN2O4S. The maximum absolute atomic E-state index is 12.9. The second kappa shape index (κ2) is 9.37. The Hall–Kier alpha value is -2.45. The number of carbonyl (C=O) groups is 1. The Bertz CT molecular complexity index is 922. The van der Waals surface area contributed by atoms with Crippen LogP contribution in [-0.4, -0.2) is 56.3 Å². The molecule has 1 aliphatic rings. The molecule has 0 aliphatic carbocycles. The summed E-state index contributed by atoms with van der Waals surface area (Å²) in [5.41, 5.74) is 1.11. The molecule has 6 nitrogen and oxygen atoms in total. The van der Waals surface area contributed by atoms with Gasteiger partial charge in [0.15, 0.2) is 6.61 Å². The number of benzene rings is 2. The van der Waals surface area contributed by atoms with Crippen molar-refractivity contribution in [3.8, 4) is 5.75 Å². The van der Waals surface area contributed by atoms with Gasteiger partial charge in [0.25, 0.3) is 5.91 Å². The summed E-state index contributed by atoms with van der Waals surface area (Å²) in [7, 11) is -3.57. The monoisotopic (exact) mass is 420 g/mol. The summed E-state index contributed by atoms with van der Waals surface area (Å²) in [5.74, 6) is -0.191. The molecule has 1 amide bonds. The van der Waals surface area contributed by atoms with Crippen molar-refractivity contribution in [2.75, 3.05) is 32.8 Å². The van der Waals surface area contributed by atoms with E-state index >= 15 is 0 Å². The van der Waals surface area contributed by atoms with Crippen molar-refractivity contribution < 1.29 is 22.3 Å². The summed E-state index contributed by atoms with van der Waals surface area (Å²) in [6.45, 7) is 2.99. The molecule has 2 aromatic rings. The first-order chi connectivity index (χ1) is 13.9. The Kier molecular flexibility index (Phi) is 6.87. The lowest BCUT2D eigenvalue weighted by molar-refractivity contribution is -0.134. The van der Waals surface area contributed by atoms with Crippen LogP contribution in [0.15, 0.2) is 53.4 Å². The fourth-order valence-corrected chi connectivity index (χ4v) is 4.63. The topological polar surface area (TPSA) is 66.9 Å². The zero-order valence-electron chi connectivity index (χ0n) is 16.4. The summed E-state index contributed by atoms with van der Waals surface area (Å²) in [5, 5.41) is 0. The quantitative estimate of drug-likeness (QED) is 0.691. The number of hydrogen-bond donors (Lipinski definition) is 0. The predicted molar refractivity (Wildman–Crippen MR) is 108 cm³/mol. The summed E-state index contributed by atoms with van der Waals surface area (Å²) in [6, 6.07) is 12.4. The van der Waals surface area contributed by atoms with Crippen LogP contribution in [0.1, 0.15) is 18.9 Å². The van der Waals surface area contributed by atoms with E-state index in [2.05, 4.69) is 6.92 Å². The summed E-state index contributed by atoms with van der Waals surface area (Å²) >= 11 is 0. The molecule has 3 rings (SSSR count). The molecule has 0 N–H and O–H groups in total. The fraction of sp³-hybridized carbons (Fsp3) is 0.381. The van der Waals surface area contributed by atoms with Crippen molar-refractivity contribution >= 4 is 15.9 Å². The second-order valence-corrected chi connectivity index (χ2v) is 8.86. The first-order valence-corrected chi connectivity index (χ1v) is 11.1. The lowest BCUT2D eigenvalue weighted by Gasteiger charge is -2.34. The van der Waals surface area contributed by atoms with Crippen molar-refractivity contribution in [2.24, 2.45) is 0 Å². The van der Waals surface area contributed by atoms with Crippen LogP contribution in [0, 0.1) is 5.82 Å². The highest BCUT2D eigenvalue weighted by Gasteiger charge is 2.30. The average molecular weight is 421 g/mol. The lowest BCUT2D eigenvalue weighted by Crippen LogP contribution is -2.51. The highest BCUT2D eigenvalue weighted by atomic mass is 32.2. The molecule has 8 heteroatoms. The van der Waals surface area contributed by atoms with Crippen LogP contribution in [0.2, 0.25) is 0 Å². The SMILES string of the molecule is CCCc1ccc(S(=O)(=O)N2CCN(C(=O)COc3ccc(F)cc3)CC2)cc1. The van der Waals surface area contributed by atoms with E-state index in [0.29, 0.717) is 18.8 Å². The summed E-state index contributed by atoms with van der Waals surface area (Å²) < 4.78 is 45.4. The zero-order valence-corrected chi connectivity index (χ0v) is 17.2. The average Bonchev–Trinajstić information content (AvgIpc) is 2.74. The van der Waals surface area contributed by atoms with Gasteiger partial charge in [0.1, 0.15) is 11.6 Å². The van der Waals surface area contributed by atoms with Crippen molar-refractivity contribution in [1.82, 2.24) is 9.21 Å². The molecule has 0 atom stereocenters. The number of halogens is 1. The molecule has 0 unspecified atom stereocenters. The third-order valence-electron chi connectivity index (χ3n) is 4.87. The van der Waals surface area contributed by atoms with Gasteiger partial charge in [-0.2, -0.15) is 4.31 Å². The lowest BCUT2D eigenvalue weighted by atomic mass is 10.1. The Labute approximate surface area is 170 Å². The van der Waals surface area contributed by atoms with Crippen LogP contribution >= 0.6 is 0 Å². The molecule has 0 saturated carbocycles. The number of rotatable bonds is 7. The van der Waals surface area contributed by atoms with Crippen molar-refractivity contribution in [3.63, 3.8) is 0 Å². The molecule has 1 aliphatic heterocycles. The molecule has 0 bridgehead atoms. The molecular weight excluding hydrogens is 395 g/mol. The third kappa shape index (κ3) is 5.33. The van der Waals surface area contributed by atoms with Crippen LogP contribution < -0.4 is 4.74 Å². The maximum Gasteiger partial charge on any atom is 0.260 e. The van der Waals surface area contributed by atoms with Gasteiger partial charge < -0.3 is 9.64 Å². The van der Waals surface area contributed by atoms with E-state index < -0.39 is 10.0 Å². The van der Waals surface area contributed by atoms with Gasteiger partial charge >= 0.3 is 0 Å². The van der Waals surface area contributed by atoms with Gasteiger partial charge in [0.05, 0.1) is 4.90 Å². The van der Waals surface area contributed by atoms with Crippen LogP contribution in [0.3, 0.4) is 0 Å². The van der Waals surface area contributed by atoms with E-state index in [1.165, 1.54) is 28.6 Å². The van der Waals surface area contributed by atoms with E-state index in [0.717, 1.165) is 18.4 Å². The first-order valence-electron chi connectivity index (χ1n) is 9.65. The number of aryl methyl sites for hydroxylation is 1. The number of sulfonamides is 1. The van der Waals surface area contributed by atoms with Gasteiger partial charge in [-0.15, -0.1) is 0 Å². The van der Waals surface area contributed by atoms with Gasteiger partial charge in [0.2, 0.25) is 10.0 Å². The number of amides is 1. The Morgan fingerprint density at radius 3 is 2.21 bits per heavy atom. The van der Waals surface area contributed by atoms with Crippen LogP contribution in [0.5, 0.6) is 5.75 Å². The van der Waals surface area contributed by atoms with E-state index in [9.17, 15) is 17.6 Å². The molecule has 1 fully saturated rings. The van der Waals surface area contributed by atoms with E-state index in [-0.39, 0.29) is 36.3 Å². The van der Waals surface area contributed by atoms with Crippen molar-refractivity contribution in [1.29, 1.82) is 0 Å². The number of hydrogen-bond acceptors (Lipinski definition) is 4. The number of nitrogens with zero attached hydrogens (tertiary/aromatic N) is 2. The van der Waals surface area contributed by atoms with Crippen LogP contribution in [0.25, 0.3) is 0 Å². The molecule has 1 heterocycles.